The molecule has 2 rings (SSSR count). The Balaban J connectivity index is 2.55. The van der Waals surface area contributed by atoms with Gasteiger partial charge in [0.2, 0.25) is 0 Å². The van der Waals surface area contributed by atoms with Gasteiger partial charge in [0.25, 0.3) is 0 Å². The molecule has 0 saturated carbocycles. The number of rotatable bonds is 2. The lowest BCUT2D eigenvalue weighted by atomic mass is 10.2. The minimum absolute atomic E-state index is 0.303. The summed E-state index contributed by atoms with van der Waals surface area (Å²) in [6.07, 6.45) is 0. The molecule has 1 aromatic carbocycles. The van der Waals surface area contributed by atoms with Crippen molar-refractivity contribution in [1.82, 2.24) is 0 Å². The van der Waals surface area contributed by atoms with Gasteiger partial charge < -0.3 is 5.11 Å². The summed E-state index contributed by atoms with van der Waals surface area (Å²) in [6, 6.07) is 7.34. The molecule has 68 valence electrons. The lowest BCUT2D eigenvalue weighted by molar-refractivity contribution is 0.126. The van der Waals surface area contributed by atoms with Gasteiger partial charge in [0.1, 0.15) is 12.4 Å². The maximum absolute atomic E-state index is 9.49. The van der Waals surface area contributed by atoms with Crippen molar-refractivity contribution in [2.75, 3.05) is 0 Å². The highest BCUT2D eigenvalue weighted by molar-refractivity contribution is 7.19. The lowest BCUT2D eigenvalue weighted by Crippen LogP contribution is -1.96. The normalized spacial score (nSPS) is 10.8. The van der Waals surface area contributed by atoms with Crippen molar-refractivity contribution < 1.29 is 9.94 Å². The molecule has 3 nitrogen and oxygen atoms in total. The minimum atomic E-state index is 0.303. The molecule has 0 aliphatic carbocycles. The van der Waals surface area contributed by atoms with Gasteiger partial charge in [-0.3, -0.25) is 4.84 Å². The van der Waals surface area contributed by atoms with E-state index in [2.05, 4.69) is 4.84 Å². The summed E-state index contributed by atoms with van der Waals surface area (Å²) in [7, 11) is 0. The number of phenols is 1. The highest BCUT2D eigenvalue weighted by Crippen LogP contribution is 2.31. The van der Waals surface area contributed by atoms with Crippen LogP contribution in [-0.4, -0.2) is 5.11 Å². The van der Waals surface area contributed by atoms with Crippen molar-refractivity contribution in [3.05, 3.63) is 29.1 Å². The number of benzene rings is 1. The van der Waals surface area contributed by atoms with Gasteiger partial charge in [-0.05, 0) is 18.2 Å². The van der Waals surface area contributed by atoms with Crippen LogP contribution in [0.25, 0.3) is 10.1 Å². The Labute approximate surface area is 79.3 Å². The van der Waals surface area contributed by atoms with Gasteiger partial charge in [0, 0.05) is 15.0 Å². The number of hydrogen-bond donors (Lipinski definition) is 2. The van der Waals surface area contributed by atoms with Crippen molar-refractivity contribution in [3.8, 4) is 5.75 Å². The van der Waals surface area contributed by atoms with E-state index in [-0.39, 0.29) is 0 Å². The predicted molar refractivity (Wildman–Crippen MR) is 52.5 cm³/mol. The molecule has 0 aliphatic heterocycles. The second kappa shape index (κ2) is 3.33. The third-order valence-electron chi connectivity index (χ3n) is 1.82. The largest absolute Gasteiger partial charge is 0.507 e. The molecule has 3 N–H and O–H groups in total. The summed E-state index contributed by atoms with van der Waals surface area (Å²) in [5.41, 5.74) is 0. The van der Waals surface area contributed by atoms with Gasteiger partial charge in [-0.1, -0.05) is 6.07 Å². The maximum atomic E-state index is 9.49. The molecule has 2 aromatic rings. The molecule has 4 heteroatoms. The number of hydrogen-bond acceptors (Lipinski definition) is 4. The number of aromatic hydroxyl groups is 1. The number of fused-ring (bicyclic) bond motifs is 1. The van der Waals surface area contributed by atoms with Crippen LogP contribution in [0.1, 0.15) is 4.88 Å². The fourth-order valence-electron chi connectivity index (χ4n) is 1.25. The quantitative estimate of drug-likeness (QED) is 0.720. The molecule has 1 heterocycles. The molecular weight excluding hydrogens is 186 g/mol. The summed E-state index contributed by atoms with van der Waals surface area (Å²) >= 11 is 1.57. The van der Waals surface area contributed by atoms with E-state index in [1.165, 1.54) is 0 Å². The Hall–Kier alpha value is -1.10. The summed E-state index contributed by atoms with van der Waals surface area (Å²) in [5.74, 6) is 5.27. The number of phenolic OH excluding ortho intramolecular Hbond substituents is 1. The lowest BCUT2D eigenvalue weighted by Gasteiger charge is -1.90. The molecule has 1 aromatic heterocycles. The first-order valence-electron chi connectivity index (χ1n) is 3.83. The molecule has 0 amide bonds. The van der Waals surface area contributed by atoms with Gasteiger partial charge in [-0.2, -0.15) is 0 Å². The highest BCUT2D eigenvalue weighted by Gasteiger charge is 2.04. The molecule has 0 saturated heterocycles. The van der Waals surface area contributed by atoms with Crippen LogP contribution in [-0.2, 0) is 11.4 Å². The van der Waals surface area contributed by atoms with Crippen LogP contribution >= 0.6 is 11.3 Å². The van der Waals surface area contributed by atoms with Crippen molar-refractivity contribution in [1.29, 1.82) is 0 Å². The molecule has 0 bridgehead atoms. The summed E-state index contributed by atoms with van der Waals surface area (Å²) < 4.78 is 1.05. The summed E-state index contributed by atoms with van der Waals surface area (Å²) in [4.78, 5) is 5.54. The Morgan fingerprint density at radius 3 is 3.00 bits per heavy atom. The molecule has 0 unspecified atom stereocenters. The maximum Gasteiger partial charge on any atom is 0.124 e. The van der Waals surface area contributed by atoms with Crippen molar-refractivity contribution >= 4 is 21.4 Å². The van der Waals surface area contributed by atoms with Crippen LogP contribution in [0.4, 0.5) is 0 Å². The van der Waals surface area contributed by atoms with Crippen LogP contribution in [0.3, 0.4) is 0 Å². The second-order valence-corrected chi connectivity index (χ2v) is 3.88. The molecule has 0 radical (unpaired) electrons. The van der Waals surface area contributed by atoms with Crippen LogP contribution in [0.2, 0.25) is 0 Å². The fourth-order valence-corrected chi connectivity index (χ4v) is 2.26. The van der Waals surface area contributed by atoms with Crippen molar-refractivity contribution in [2.24, 2.45) is 5.90 Å². The average Bonchev–Trinajstić information content (AvgIpc) is 2.49. The van der Waals surface area contributed by atoms with E-state index in [9.17, 15) is 5.11 Å². The minimum Gasteiger partial charge on any atom is -0.507 e. The van der Waals surface area contributed by atoms with Crippen molar-refractivity contribution in [3.63, 3.8) is 0 Å². The van der Waals surface area contributed by atoms with E-state index in [1.807, 2.05) is 18.2 Å². The van der Waals surface area contributed by atoms with Crippen LogP contribution in [0.5, 0.6) is 5.75 Å². The van der Waals surface area contributed by atoms with E-state index < -0.39 is 0 Å². The fraction of sp³-hybridized carbons (Fsp3) is 0.111. The smallest absolute Gasteiger partial charge is 0.124 e. The first kappa shape index (κ1) is 8.50. The van der Waals surface area contributed by atoms with Gasteiger partial charge in [0.05, 0.1) is 0 Å². The Kier molecular flexibility index (Phi) is 2.18. The zero-order chi connectivity index (χ0) is 9.26. The Morgan fingerprint density at radius 2 is 2.31 bits per heavy atom. The predicted octanol–water partition coefficient (Wildman–Crippen LogP) is 2.00. The molecule has 0 fully saturated rings. The summed E-state index contributed by atoms with van der Waals surface area (Å²) in [6.45, 7) is 0.388. The molecule has 0 atom stereocenters. The third-order valence-corrected chi connectivity index (χ3v) is 2.89. The summed E-state index contributed by atoms with van der Waals surface area (Å²) in [5, 5.41) is 10.3. The molecule has 13 heavy (non-hydrogen) atoms. The molecule has 0 spiro atoms. The van der Waals surface area contributed by atoms with E-state index in [1.54, 1.807) is 17.4 Å². The third kappa shape index (κ3) is 1.51. The zero-order valence-electron chi connectivity index (χ0n) is 6.86. The highest BCUT2D eigenvalue weighted by atomic mass is 32.1. The second-order valence-electron chi connectivity index (χ2n) is 2.71. The van der Waals surface area contributed by atoms with Gasteiger partial charge in [-0.15, -0.1) is 11.3 Å². The zero-order valence-corrected chi connectivity index (χ0v) is 7.67. The van der Waals surface area contributed by atoms with Crippen LogP contribution in [0, 0.1) is 0 Å². The standard InChI is InChI=1S/C9H9NO2S/c10-12-5-6-4-7-8(11)2-1-3-9(7)13-6/h1-4,11H,5,10H2. The number of thiophene rings is 1. The monoisotopic (exact) mass is 195 g/mol. The SMILES string of the molecule is NOCc1cc2c(O)cccc2s1. The van der Waals surface area contributed by atoms with Gasteiger partial charge >= 0.3 is 0 Å². The topological polar surface area (TPSA) is 55.5 Å². The number of nitrogens with two attached hydrogens (primary N) is 1. The first-order chi connectivity index (χ1) is 6.31. The Bertz CT molecular complexity index is 424. The van der Waals surface area contributed by atoms with E-state index in [0.29, 0.717) is 12.4 Å². The van der Waals surface area contributed by atoms with Gasteiger partial charge in [0.15, 0.2) is 0 Å². The van der Waals surface area contributed by atoms with E-state index in [0.717, 1.165) is 15.0 Å². The van der Waals surface area contributed by atoms with E-state index in [4.69, 9.17) is 5.90 Å². The van der Waals surface area contributed by atoms with Crippen LogP contribution < -0.4 is 5.90 Å². The molecular formula is C9H9NO2S. The first-order valence-corrected chi connectivity index (χ1v) is 4.65. The molecule has 0 aliphatic rings. The van der Waals surface area contributed by atoms with Crippen LogP contribution in [0.15, 0.2) is 24.3 Å². The van der Waals surface area contributed by atoms with Gasteiger partial charge in [-0.25, -0.2) is 5.90 Å². The van der Waals surface area contributed by atoms with Crippen molar-refractivity contribution in [2.45, 2.75) is 6.61 Å². The average molecular weight is 195 g/mol. The Morgan fingerprint density at radius 1 is 1.46 bits per heavy atom. The van der Waals surface area contributed by atoms with E-state index >= 15 is 0 Å².